The first-order chi connectivity index (χ1) is 14.5. The van der Waals surface area contributed by atoms with Crippen molar-refractivity contribution in [3.8, 4) is 0 Å². The molecule has 0 radical (unpaired) electrons. The van der Waals surface area contributed by atoms with E-state index in [-0.39, 0.29) is 31.1 Å². The number of likely N-dealkylation sites (tertiary alicyclic amines) is 1. The molecule has 2 aromatic carbocycles. The lowest BCUT2D eigenvalue weighted by atomic mass is 10.1. The van der Waals surface area contributed by atoms with Crippen molar-refractivity contribution < 1.29 is 27.2 Å². The molecule has 0 bridgehead atoms. The average Bonchev–Trinajstić information content (AvgIpc) is 3.04. The van der Waals surface area contributed by atoms with E-state index >= 15 is 0 Å². The van der Waals surface area contributed by atoms with Gasteiger partial charge in [0.25, 0.3) is 0 Å². The molecular weight excluding hydrogens is 414 g/mol. The van der Waals surface area contributed by atoms with E-state index in [9.17, 15) is 27.2 Å². The first-order valence-electron chi connectivity index (χ1n) is 9.71. The first-order valence-corrected chi connectivity index (χ1v) is 9.71. The number of anilines is 1. The maximum atomic E-state index is 14.2. The van der Waals surface area contributed by atoms with Gasteiger partial charge in [-0.2, -0.15) is 13.2 Å². The summed E-state index contributed by atoms with van der Waals surface area (Å²) < 4.78 is 52.9. The number of carbonyl (C=O) groups excluding carboxylic acids is 2. The summed E-state index contributed by atoms with van der Waals surface area (Å²) in [5, 5.41) is 2.62. The summed E-state index contributed by atoms with van der Waals surface area (Å²) >= 11 is 0. The maximum absolute atomic E-state index is 14.2. The normalized spacial score (nSPS) is 16.8. The molecule has 1 aliphatic rings. The fourth-order valence-electron chi connectivity index (χ4n) is 3.51. The van der Waals surface area contributed by atoms with Crippen molar-refractivity contribution in [3.05, 3.63) is 65.0 Å². The van der Waals surface area contributed by atoms with Crippen LogP contribution >= 0.6 is 0 Å². The van der Waals surface area contributed by atoms with Crippen molar-refractivity contribution in [1.82, 2.24) is 9.80 Å². The van der Waals surface area contributed by atoms with Gasteiger partial charge in [-0.15, -0.1) is 0 Å². The number of nitrogens with zero attached hydrogens (tertiary/aromatic N) is 2. The lowest BCUT2D eigenvalue weighted by Crippen LogP contribution is -2.28. The van der Waals surface area contributed by atoms with Gasteiger partial charge in [-0.3, -0.25) is 9.59 Å². The molecule has 2 aromatic rings. The van der Waals surface area contributed by atoms with Crippen LogP contribution in [-0.4, -0.2) is 42.3 Å². The fourth-order valence-corrected chi connectivity index (χ4v) is 3.51. The van der Waals surface area contributed by atoms with Crippen molar-refractivity contribution in [2.75, 3.05) is 26.0 Å². The monoisotopic (exact) mass is 437 g/mol. The molecule has 0 aliphatic carbocycles. The third kappa shape index (κ3) is 5.81. The van der Waals surface area contributed by atoms with Crippen LogP contribution in [0.1, 0.15) is 23.1 Å². The van der Waals surface area contributed by atoms with E-state index in [1.165, 1.54) is 23.1 Å². The van der Waals surface area contributed by atoms with Crippen LogP contribution in [0.4, 0.5) is 23.2 Å². The van der Waals surface area contributed by atoms with Crippen molar-refractivity contribution in [1.29, 1.82) is 0 Å². The van der Waals surface area contributed by atoms with Crippen LogP contribution in [-0.2, 0) is 28.9 Å². The van der Waals surface area contributed by atoms with Gasteiger partial charge in [0.15, 0.2) is 0 Å². The Kier molecular flexibility index (Phi) is 6.64. The molecule has 166 valence electrons. The van der Waals surface area contributed by atoms with Crippen LogP contribution in [0.3, 0.4) is 0 Å². The molecular formula is C22H23F4N3O2. The molecule has 1 unspecified atom stereocenters. The molecule has 1 N–H and O–H groups in total. The Morgan fingerprint density at radius 1 is 1.19 bits per heavy atom. The lowest BCUT2D eigenvalue weighted by Gasteiger charge is -2.18. The van der Waals surface area contributed by atoms with Crippen LogP contribution < -0.4 is 5.32 Å². The lowest BCUT2D eigenvalue weighted by molar-refractivity contribution is -0.137. The summed E-state index contributed by atoms with van der Waals surface area (Å²) in [5.74, 6) is -1.85. The molecule has 1 heterocycles. The number of nitrogens with one attached hydrogen (secondary N) is 1. The third-order valence-electron chi connectivity index (χ3n) is 5.02. The molecule has 31 heavy (non-hydrogen) atoms. The number of benzene rings is 2. The van der Waals surface area contributed by atoms with Gasteiger partial charge in [-0.1, -0.05) is 18.2 Å². The number of amides is 2. The Hall–Kier alpha value is -2.94. The SMILES string of the molecule is CN(C)Cc1ccc(NC(=O)C2CC(=O)N(Cc3cccc(C(F)(F)F)c3)C2)cc1F. The topological polar surface area (TPSA) is 52.7 Å². The highest BCUT2D eigenvalue weighted by atomic mass is 19.4. The predicted molar refractivity (Wildman–Crippen MR) is 107 cm³/mol. The van der Waals surface area contributed by atoms with E-state index in [0.29, 0.717) is 17.7 Å². The average molecular weight is 437 g/mol. The summed E-state index contributed by atoms with van der Waals surface area (Å²) in [5.41, 5.74) is 0.327. The van der Waals surface area contributed by atoms with Crippen molar-refractivity contribution >= 4 is 17.5 Å². The predicted octanol–water partition coefficient (Wildman–Crippen LogP) is 3.89. The van der Waals surface area contributed by atoms with Gasteiger partial charge in [0, 0.05) is 37.3 Å². The highest BCUT2D eigenvalue weighted by Crippen LogP contribution is 2.30. The van der Waals surface area contributed by atoms with Gasteiger partial charge in [0.1, 0.15) is 5.82 Å². The Bertz CT molecular complexity index is 975. The highest BCUT2D eigenvalue weighted by molar-refractivity contribution is 5.97. The summed E-state index contributed by atoms with van der Waals surface area (Å²) in [7, 11) is 3.63. The molecule has 0 aromatic heterocycles. The smallest absolute Gasteiger partial charge is 0.338 e. The minimum absolute atomic E-state index is 0.0135. The fraction of sp³-hybridized carbons (Fsp3) is 0.364. The van der Waals surface area contributed by atoms with E-state index in [0.717, 1.165) is 12.1 Å². The van der Waals surface area contributed by atoms with E-state index in [1.807, 2.05) is 19.0 Å². The van der Waals surface area contributed by atoms with Gasteiger partial charge >= 0.3 is 6.18 Å². The Labute approximate surface area is 177 Å². The van der Waals surface area contributed by atoms with E-state index in [1.54, 1.807) is 12.1 Å². The molecule has 3 rings (SSSR count). The standard InChI is InChI=1S/C22H23F4N3O2/c1-28(2)12-15-6-7-18(10-19(15)23)27-21(31)16-9-20(30)29(13-16)11-14-4-3-5-17(8-14)22(24,25)26/h3-8,10,16H,9,11-13H2,1-2H3,(H,27,31). The van der Waals surface area contributed by atoms with Gasteiger partial charge in [0.2, 0.25) is 11.8 Å². The van der Waals surface area contributed by atoms with Gasteiger partial charge in [-0.25, -0.2) is 4.39 Å². The van der Waals surface area contributed by atoms with E-state index in [2.05, 4.69) is 5.32 Å². The largest absolute Gasteiger partial charge is 0.416 e. The molecule has 1 fully saturated rings. The van der Waals surface area contributed by atoms with Gasteiger partial charge in [0.05, 0.1) is 11.5 Å². The second-order valence-electron chi connectivity index (χ2n) is 7.91. The zero-order valence-corrected chi connectivity index (χ0v) is 17.2. The van der Waals surface area contributed by atoms with Crippen LogP contribution in [0.15, 0.2) is 42.5 Å². The number of alkyl halides is 3. The first kappa shape index (κ1) is 22.7. The number of rotatable bonds is 6. The zero-order valence-electron chi connectivity index (χ0n) is 17.2. The zero-order chi connectivity index (χ0) is 22.8. The molecule has 9 heteroatoms. The molecule has 1 atom stereocenters. The minimum atomic E-state index is -4.47. The Morgan fingerprint density at radius 3 is 2.58 bits per heavy atom. The summed E-state index contributed by atoms with van der Waals surface area (Å²) in [6.45, 7) is 0.490. The summed E-state index contributed by atoms with van der Waals surface area (Å²) in [6.07, 6.45) is -4.52. The second-order valence-corrected chi connectivity index (χ2v) is 7.91. The van der Waals surface area contributed by atoms with Crippen molar-refractivity contribution in [3.63, 3.8) is 0 Å². The highest BCUT2D eigenvalue weighted by Gasteiger charge is 2.35. The molecule has 0 saturated carbocycles. The maximum Gasteiger partial charge on any atom is 0.416 e. The van der Waals surface area contributed by atoms with Gasteiger partial charge in [-0.05, 0) is 43.9 Å². The van der Waals surface area contributed by atoms with Crippen LogP contribution in [0, 0.1) is 11.7 Å². The van der Waals surface area contributed by atoms with Crippen molar-refractivity contribution in [2.45, 2.75) is 25.7 Å². The molecule has 1 aliphatic heterocycles. The Morgan fingerprint density at radius 2 is 1.94 bits per heavy atom. The van der Waals surface area contributed by atoms with Crippen LogP contribution in [0.5, 0.6) is 0 Å². The van der Waals surface area contributed by atoms with Gasteiger partial charge < -0.3 is 15.1 Å². The molecule has 2 amide bonds. The number of hydrogen-bond donors (Lipinski definition) is 1. The van der Waals surface area contributed by atoms with Crippen LogP contribution in [0.25, 0.3) is 0 Å². The molecule has 1 saturated heterocycles. The van der Waals surface area contributed by atoms with Crippen molar-refractivity contribution in [2.24, 2.45) is 5.92 Å². The molecule has 0 spiro atoms. The number of carbonyl (C=O) groups is 2. The summed E-state index contributed by atoms with van der Waals surface area (Å²) in [6, 6.07) is 9.17. The van der Waals surface area contributed by atoms with E-state index < -0.39 is 29.4 Å². The van der Waals surface area contributed by atoms with Crippen LogP contribution in [0.2, 0.25) is 0 Å². The minimum Gasteiger partial charge on any atom is -0.338 e. The van der Waals surface area contributed by atoms with E-state index in [4.69, 9.17) is 0 Å². The number of hydrogen-bond acceptors (Lipinski definition) is 3. The number of halogens is 4. The second kappa shape index (κ2) is 9.05. The third-order valence-corrected chi connectivity index (χ3v) is 5.02. The Balaban J connectivity index is 1.62. The quantitative estimate of drug-likeness (QED) is 0.698. The summed E-state index contributed by atoms with van der Waals surface area (Å²) in [4.78, 5) is 28.0. The molecule has 5 nitrogen and oxygen atoms in total.